The summed E-state index contributed by atoms with van der Waals surface area (Å²) in [6, 6.07) is 4.04. The summed E-state index contributed by atoms with van der Waals surface area (Å²) in [5, 5.41) is 4.38. The molecule has 0 bridgehead atoms. The Bertz CT molecular complexity index is 399. The van der Waals surface area contributed by atoms with Crippen molar-refractivity contribution in [3.05, 3.63) is 22.7 Å². The summed E-state index contributed by atoms with van der Waals surface area (Å²) in [5.41, 5.74) is 3.63. The molecule has 1 aliphatic rings. The summed E-state index contributed by atoms with van der Waals surface area (Å²) < 4.78 is 0. The molecule has 1 aromatic rings. The van der Waals surface area contributed by atoms with E-state index in [-0.39, 0.29) is 5.54 Å². The molecule has 0 fully saturated rings. The molecule has 1 aromatic carbocycles. The van der Waals surface area contributed by atoms with E-state index in [1.165, 1.54) is 11.4 Å². The number of rotatable bonds is 0. The zero-order chi connectivity index (χ0) is 11.2. The highest BCUT2D eigenvalue weighted by Crippen LogP contribution is 2.38. The number of hydrogen-bond donors (Lipinski definition) is 1. The summed E-state index contributed by atoms with van der Waals surface area (Å²) in [6.07, 6.45) is 0. The SMILES string of the molecule is Cc1c(Cl)ccc2c1NC(C)(C)CN2C. The van der Waals surface area contributed by atoms with E-state index in [1.54, 1.807) is 0 Å². The first-order valence-electron chi connectivity index (χ1n) is 5.19. The van der Waals surface area contributed by atoms with Crippen molar-refractivity contribution in [1.82, 2.24) is 0 Å². The highest BCUT2D eigenvalue weighted by atomic mass is 35.5. The smallest absolute Gasteiger partial charge is 0.0627 e. The standard InChI is InChI=1S/C12H17ClN2/c1-8-9(13)5-6-10-11(8)14-12(2,3)7-15(10)4/h5-6,14H,7H2,1-4H3. The van der Waals surface area contributed by atoms with Crippen LogP contribution in [0.1, 0.15) is 19.4 Å². The van der Waals surface area contributed by atoms with Gasteiger partial charge in [0.1, 0.15) is 0 Å². The van der Waals surface area contributed by atoms with E-state index in [0.29, 0.717) is 0 Å². The van der Waals surface area contributed by atoms with Crippen LogP contribution in [0, 0.1) is 6.92 Å². The second-order valence-electron chi connectivity index (χ2n) is 4.93. The van der Waals surface area contributed by atoms with Crippen LogP contribution in [0.3, 0.4) is 0 Å². The van der Waals surface area contributed by atoms with E-state index in [0.717, 1.165) is 17.1 Å². The number of anilines is 2. The third kappa shape index (κ3) is 1.78. The maximum atomic E-state index is 6.13. The Labute approximate surface area is 96.2 Å². The Balaban J connectivity index is 2.56. The maximum absolute atomic E-state index is 6.13. The number of halogens is 1. The molecule has 3 heteroatoms. The van der Waals surface area contributed by atoms with Crippen LogP contribution in [-0.2, 0) is 0 Å². The lowest BCUT2D eigenvalue weighted by molar-refractivity contribution is 0.549. The van der Waals surface area contributed by atoms with Gasteiger partial charge in [0.2, 0.25) is 0 Å². The molecule has 0 unspecified atom stereocenters. The van der Waals surface area contributed by atoms with Gasteiger partial charge in [-0.3, -0.25) is 0 Å². The fourth-order valence-corrected chi connectivity index (χ4v) is 2.36. The van der Waals surface area contributed by atoms with Gasteiger partial charge in [-0.15, -0.1) is 0 Å². The van der Waals surface area contributed by atoms with Gasteiger partial charge in [-0.1, -0.05) is 11.6 Å². The van der Waals surface area contributed by atoms with E-state index < -0.39 is 0 Å². The molecule has 0 saturated heterocycles. The Kier molecular flexibility index (Phi) is 2.34. The average Bonchev–Trinajstić information content (AvgIpc) is 2.10. The lowest BCUT2D eigenvalue weighted by Crippen LogP contribution is -2.47. The summed E-state index contributed by atoms with van der Waals surface area (Å²) in [7, 11) is 2.12. The van der Waals surface area contributed by atoms with E-state index in [1.807, 2.05) is 6.07 Å². The van der Waals surface area contributed by atoms with Gasteiger partial charge in [0, 0.05) is 24.2 Å². The summed E-state index contributed by atoms with van der Waals surface area (Å²) in [5.74, 6) is 0. The van der Waals surface area contributed by atoms with E-state index in [9.17, 15) is 0 Å². The van der Waals surface area contributed by atoms with Crippen LogP contribution >= 0.6 is 11.6 Å². The largest absolute Gasteiger partial charge is 0.376 e. The fraction of sp³-hybridized carbons (Fsp3) is 0.500. The van der Waals surface area contributed by atoms with Gasteiger partial charge < -0.3 is 10.2 Å². The lowest BCUT2D eigenvalue weighted by Gasteiger charge is -2.41. The Morgan fingerprint density at radius 2 is 2.07 bits per heavy atom. The van der Waals surface area contributed by atoms with Crippen molar-refractivity contribution >= 4 is 23.0 Å². The molecule has 2 nitrogen and oxygen atoms in total. The highest BCUT2D eigenvalue weighted by Gasteiger charge is 2.28. The fourth-order valence-electron chi connectivity index (χ4n) is 2.20. The van der Waals surface area contributed by atoms with Crippen LogP contribution < -0.4 is 10.2 Å². The number of hydrogen-bond acceptors (Lipinski definition) is 2. The third-order valence-corrected chi connectivity index (χ3v) is 3.29. The Morgan fingerprint density at radius 3 is 2.73 bits per heavy atom. The monoisotopic (exact) mass is 224 g/mol. The molecule has 2 rings (SSSR count). The third-order valence-electron chi connectivity index (χ3n) is 2.88. The van der Waals surface area contributed by atoms with Gasteiger partial charge in [-0.05, 0) is 38.5 Å². The zero-order valence-electron chi connectivity index (χ0n) is 9.69. The molecular weight excluding hydrogens is 208 g/mol. The maximum Gasteiger partial charge on any atom is 0.0627 e. The Morgan fingerprint density at radius 1 is 1.40 bits per heavy atom. The average molecular weight is 225 g/mol. The van der Waals surface area contributed by atoms with E-state index >= 15 is 0 Å². The summed E-state index contributed by atoms with van der Waals surface area (Å²) in [6.45, 7) is 7.46. The minimum absolute atomic E-state index is 0.0944. The van der Waals surface area contributed by atoms with Crippen LogP contribution in [0.5, 0.6) is 0 Å². The van der Waals surface area contributed by atoms with E-state index in [2.05, 4.69) is 44.1 Å². The normalized spacial score (nSPS) is 18.3. The molecule has 15 heavy (non-hydrogen) atoms. The van der Waals surface area contributed by atoms with Crippen LogP contribution in [0.15, 0.2) is 12.1 Å². The topological polar surface area (TPSA) is 15.3 Å². The van der Waals surface area contributed by atoms with Crippen LogP contribution in [-0.4, -0.2) is 19.1 Å². The predicted molar refractivity (Wildman–Crippen MR) is 67.2 cm³/mol. The van der Waals surface area contributed by atoms with Gasteiger partial charge in [-0.2, -0.15) is 0 Å². The van der Waals surface area contributed by atoms with Gasteiger partial charge in [0.25, 0.3) is 0 Å². The summed E-state index contributed by atoms with van der Waals surface area (Å²) >= 11 is 6.13. The molecule has 0 aliphatic carbocycles. The van der Waals surface area contributed by atoms with E-state index in [4.69, 9.17) is 11.6 Å². The predicted octanol–water partition coefficient (Wildman–Crippen LogP) is 3.29. The van der Waals surface area contributed by atoms with Gasteiger partial charge >= 0.3 is 0 Å². The van der Waals surface area contributed by atoms with Crippen molar-refractivity contribution in [3.63, 3.8) is 0 Å². The van der Waals surface area contributed by atoms with Crippen molar-refractivity contribution in [1.29, 1.82) is 0 Å². The molecule has 0 atom stereocenters. The number of benzene rings is 1. The molecule has 0 saturated carbocycles. The molecule has 0 radical (unpaired) electrons. The second kappa shape index (κ2) is 3.31. The zero-order valence-corrected chi connectivity index (χ0v) is 10.4. The van der Waals surface area contributed by atoms with Crippen LogP contribution in [0.2, 0.25) is 5.02 Å². The Hall–Kier alpha value is -0.890. The number of nitrogens with one attached hydrogen (secondary N) is 1. The molecule has 82 valence electrons. The molecule has 1 heterocycles. The molecule has 1 N–H and O–H groups in total. The van der Waals surface area contributed by atoms with Crippen molar-refractivity contribution in [3.8, 4) is 0 Å². The van der Waals surface area contributed by atoms with Gasteiger partial charge in [0.05, 0.1) is 11.4 Å². The van der Waals surface area contributed by atoms with Crippen molar-refractivity contribution in [2.24, 2.45) is 0 Å². The molecule has 0 amide bonds. The van der Waals surface area contributed by atoms with Gasteiger partial charge in [-0.25, -0.2) is 0 Å². The first-order valence-corrected chi connectivity index (χ1v) is 5.57. The number of nitrogens with zero attached hydrogens (tertiary/aromatic N) is 1. The summed E-state index contributed by atoms with van der Waals surface area (Å²) in [4.78, 5) is 2.27. The lowest BCUT2D eigenvalue weighted by atomic mass is 9.98. The van der Waals surface area contributed by atoms with Crippen molar-refractivity contribution in [2.75, 3.05) is 23.8 Å². The van der Waals surface area contributed by atoms with Crippen molar-refractivity contribution < 1.29 is 0 Å². The molecule has 0 spiro atoms. The molecular formula is C12H17ClN2. The number of likely N-dealkylation sites (N-methyl/N-ethyl adjacent to an activating group) is 1. The first kappa shape index (κ1) is 10.6. The van der Waals surface area contributed by atoms with Gasteiger partial charge in [0.15, 0.2) is 0 Å². The quantitative estimate of drug-likeness (QED) is 0.728. The van der Waals surface area contributed by atoms with Crippen molar-refractivity contribution in [2.45, 2.75) is 26.3 Å². The highest BCUT2D eigenvalue weighted by molar-refractivity contribution is 6.32. The second-order valence-corrected chi connectivity index (χ2v) is 5.34. The molecule has 1 aliphatic heterocycles. The van der Waals surface area contributed by atoms with Crippen LogP contribution in [0.25, 0.3) is 0 Å². The minimum Gasteiger partial charge on any atom is -0.376 e. The first-order chi connectivity index (χ1) is 6.91. The molecule has 0 aromatic heterocycles. The van der Waals surface area contributed by atoms with Crippen LogP contribution in [0.4, 0.5) is 11.4 Å². The number of fused-ring (bicyclic) bond motifs is 1. The minimum atomic E-state index is 0.0944.